The summed E-state index contributed by atoms with van der Waals surface area (Å²) in [6, 6.07) is 19.6. The molecule has 2 aromatic carbocycles. The summed E-state index contributed by atoms with van der Waals surface area (Å²) in [5, 5.41) is 3.54. The predicted octanol–water partition coefficient (Wildman–Crippen LogP) is 3.41. The third kappa shape index (κ3) is 3.20. The van der Waals surface area contributed by atoms with E-state index in [4.69, 9.17) is 0 Å². The maximum atomic E-state index is 3.54. The van der Waals surface area contributed by atoms with Crippen LogP contribution in [0, 0.1) is 0 Å². The number of benzene rings is 2. The quantitative estimate of drug-likeness (QED) is 0.934. The van der Waals surface area contributed by atoms with E-state index < -0.39 is 0 Å². The van der Waals surface area contributed by atoms with Crippen molar-refractivity contribution in [2.24, 2.45) is 0 Å². The highest BCUT2D eigenvalue weighted by atomic mass is 15.3. The molecule has 0 amide bonds. The number of hydrogen-bond acceptors (Lipinski definition) is 3. The molecule has 1 saturated heterocycles. The average molecular weight is 307 g/mol. The second-order valence-electron chi connectivity index (χ2n) is 6.62. The lowest BCUT2D eigenvalue weighted by Gasteiger charge is -2.36. The van der Waals surface area contributed by atoms with Crippen molar-refractivity contribution in [3.8, 4) is 0 Å². The number of para-hydroxylation sites is 2. The van der Waals surface area contributed by atoms with E-state index in [0.29, 0.717) is 5.92 Å². The molecule has 3 nitrogen and oxygen atoms in total. The van der Waals surface area contributed by atoms with Crippen LogP contribution < -0.4 is 10.2 Å². The van der Waals surface area contributed by atoms with Gasteiger partial charge in [-0.1, -0.05) is 36.4 Å². The zero-order valence-corrected chi connectivity index (χ0v) is 13.6. The Bertz CT molecular complexity index is 632. The van der Waals surface area contributed by atoms with Crippen molar-refractivity contribution >= 4 is 11.4 Å². The molecule has 1 unspecified atom stereocenters. The van der Waals surface area contributed by atoms with E-state index >= 15 is 0 Å². The first kappa shape index (κ1) is 14.6. The molecule has 120 valence electrons. The van der Waals surface area contributed by atoms with Crippen molar-refractivity contribution in [3.05, 3.63) is 60.2 Å². The maximum absolute atomic E-state index is 3.54. The fourth-order valence-electron chi connectivity index (χ4n) is 3.82. The van der Waals surface area contributed by atoms with Crippen LogP contribution in [0.15, 0.2) is 54.6 Å². The summed E-state index contributed by atoms with van der Waals surface area (Å²) in [4.78, 5) is 5.13. The van der Waals surface area contributed by atoms with E-state index in [1.165, 1.54) is 43.0 Å². The molecule has 1 N–H and O–H groups in total. The first-order chi connectivity index (χ1) is 11.4. The van der Waals surface area contributed by atoms with Crippen LogP contribution in [0.3, 0.4) is 0 Å². The Hall–Kier alpha value is -2.00. The lowest BCUT2D eigenvalue weighted by atomic mass is 9.97. The lowest BCUT2D eigenvalue weighted by molar-refractivity contribution is 0.250. The number of fused-ring (bicyclic) bond motifs is 1. The molecular weight excluding hydrogens is 282 g/mol. The molecule has 2 aliphatic rings. The zero-order chi connectivity index (χ0) is 15.5. The van der Waals surface area contributed by atoms with Crippen LogP contribution >= 0.6 is 0 Å². The number of nitrogens with zero attached hydrogens (tertiary/aromatic N) is 2. The van der Waals surface area contributed by atoms with Gasteiger partial charge in [0.1, 0.15) is 0 Å². The first-order valence-corrected chi connectivity index (χ1v) is 8.75. The Morgan fingerprint density at radius 1 is 0.870 bits per heavy atom. The van der Waals surface area contributed by atoms with E-state index in [9.17, 15) is 0 Å². The minimum absolute atomic E-state index is 0.679. The van der Waals surface area contributed by atoms with Gasteiger partial charge in [0.15, 0.2) is 0 Å². The summed E-state index contributed by atoms with van der Waals surface area (Å²) in [6.45, 7) is 6.95. The second-order valence-corrected chi connectivity index (χ2v) is 6.62. The molecule has 23 heavy (non-hydrogen) atoms. The third-order valence-electron chi connectivity index (χ3n) is 5.23. The van der Waals surface area contributed by atoms with Crippen molar-refractivity contribution in [1.29, 1.82) is 0 Å². The minimum Gasteiger partial charge on any atom is -0.384 e. The Kier molecular flexibility index (Phi) is 4.20. The van der Waals surface area contributed by atoms with Gasteiger partial charge in [-0.05, 0) is 36.7 Å². The Morgan fingerprint density at radius 3 is 2.43 bits per heavy atom. The Labute approximate surface area is 138 Å². The molecule has 0 bridgehead atoms. The topological polar surface area (TPSA) is 18.5 Å². The first-order valence-electron chi connectivity index (χ1n) is 8.75. The molecule has 0 spiro atoms. The monoisotopic (exact) mass is 307 g/mol. The van der Waals surface area contributed by atoms with Crippen molar-refractivity contribution in [2.45, 2.75) is 12.3 Å². The van der Waals surface area contributed by atoms with E-state index in [-0.39, 0.29) is 0 Å². The molecule has 0 aliphatic carbocycles. The van der Waals surface area contributed by atoms with E-state index in [1.807, 2.05) is 0 Å². The van der Waals surface area contributed by atoms with Gasteiger partial charge in [0.25, 0.3) is 0 Å². The fraction of sp³-hybridized carbons (Fsp3) is 0.400. The molecule has 0 aromatic heterocycles. The largest absolute Gasteiger partial charge is 0.384 e. The zero-order valence-electron chi connectivity index (χ0n) is 13.6. The van der Waals surface area contributed by atoms with Gasteiger partial charge in [-0.15, -0.1) is 0 Å². The summed E-state index contributed by atoms with van der Waals surface area (Å²) >= 11 is 0. The fourth-order valence-corrected chi connectivity index (χ4v) is 3.82. The summed E-state index contributed by atoms with van der Waals surface area (Å²) in [6.07, 6.45) is 1.26. The number of hydrogen-bond donors (Lipinski definition) is 1. The smallest absolute Gasteiger partial charge is 0.0376 e. The van der Waals surface area contributed by atoms with E-state index in [0.717, 1.165) is 19.6 Å². The summed E-state index contributed by atoms with van der Waals surface area (Å²) in [5.74, 6) is 0.679. The van der Waals surface area contributed by atoms with E-state index in [1.54, 1.807) is 0 Å². The van der Waals surface area contributed by atoms with Crippen molar-refractivity contribution in [1.82, 2.24) is 4.90 Å². The normalized spacial score (nSPS) is 21.0. The van der Waals surface area contributed by atoms with Crippen molar-refractivity contribution in [3.63, 3.8) is 0 Å². The standard InChI is InChI=1S/C20H25N3/c1-2-6-18(7-3-1)23-14-12-22(13-15-23)11-10-17-16-21-20-9-5-4-8-19(17)20/h1-9,17,21H,10-16H2. The highest BCUT2D eigenvalue weighted by Gasteiger charge is 2.23. The number of piperazine rings is 1. The second kappa shape index (κ2) is 6.63. The average Bonchev–Trinajstić information content (AvgIpc) is 3.04. The molecule has 3 heteroatoms. The molecular formula is C20H25N3. The van der Waals surface area contributed by atoms with Gasteiger partial charge in [0, 0.05) is 50.0 Å². The number of nitrogens with one attached hydrogen (secondary N) is 1. The van der Waals surface area contributed by atoms with Crippen LogP contribution in [0.4, 0.5) is 11.4 Å². The molecule has 2 heterocycles. The van der Waals surface area contributed by atoms with Crippen LogP contribution in [-0.2, 0) is 0 Å². The van der Waals surface area contributed by atoms with Crippen LogP contribution in [-0.4, -0.2) is 44.2 Å². The Balaban J connectivity index is 1.28. The molecule has 1 atom stereocenters. The number of anilines is 2. The van der Waals surface area contributed by atoms with Gasteiger partial charge in [0.2, 0.25) is 0 Å². The van der Waals surface area contributed by atoms with Gasteiger partial charge in [0.05, 0.1) is 0 Å². The van der Waals surface area contributed by atoms with Crippen LogP contribution in [0.1, 0.15) is 17.9 Å². The molecule has 2 aromatic rings. The summed E-state index contributed by atoms with van der Waals surface area (Å²) < 4.78 is 0. The van der Waals surface area contributed by atoms with Crippen LogP contribution in [0.2, 0.25) is 0 Å². The van der Waals surface area contributed by atoms with Gasteiger partial charge >= 0.3 is 0 Å². The van der Waals surface area contributed by atoms with Gasteiger partial charge < -0.3 is 10.2 Å². The van der Waals surface area contributed by atoms with E-state index in [2.05, 4.69) is 69.7 Å². The highest BCUT2D eigenvalue weighted by molar-refractivity contribution is 5.57. The van der Waals surface area contributed by atoms with Crippen LogP contribution in [0.5, 0.6) is 0 Å². The number of rotatable bonds is 4. The lowest BCUT2D eigenvalue weighted by Crippen LogP contribution is -2.46. The molecule has 0 saturated carbocycles. The molecule has 2 aliphatic heterocycles. The van der Waals surface area contributed by atoms with Crippen molar-refractivity contribution in [2.75, 3.05) is 49.5 Å². The van der Waals surface area contributed by atoms with Crippen LogP contribution in [0.25, 0.3) is 0 Å². The predicted molar refractivity (Wildman–Crippen MR) is 97.4 cm³/mol. The van der Waals surface area contributed by atoms with Gasteiger partial charge in [-0.3, -0.25) is 4.90 Å². The SMILES string of the molecule is c1ccc(N2CCN(CCC3CNc4ccccc43)CC2)cc1. The molecule has 0 radical (unpaired) electrons. The van der Waals surface area contributed by atoms with Gasteiger partial charge in [-0.2, -0.15) is 0 Å². The summed E-state index contributed by atoms with van der Waals surface area (Å²) in [7, 11) is 0. The Morgan fingerprint density at radius 2 is 1.61 bits per heavy atom. The van der Waals surface area contributed by atoms with Crippen molar-refractivity contribution < 1.29 is 0 Å². The minimum atomic E-state index is 0.679. The summed E-state index contributed by atoms with van der Waals surface area (Å²) in [5.41, 5.74) is 4.21. The van der Waals surface area contributed by atoms with Gasteiger partial charge in [-0.25, -0.2) is 0 Å². The molecule has 1 fully saturated rings. The third-order valence-corrected chi connectivity index (χ3v) is 5.23. The molecule has 4 rings (SSSR count). The highest BCUT2D eigenvalue weighted by Crippen LogP contribution is 2.33. The maximum Gasteiger partial charge on any atom is 0.0376 e.